The van der Waals surface area contributed by atoms with Crippen LogP contribution in [0.2, 0.25) is 0 Å². The van der Waals surface area contributed by atoms with E-state index >= 15 is 0 Å². The summed E-state index contributed by atoms with van der Waals surface area (Å²) in [6.07, 6.45) is 17.6. The van der Waals surface area contributed by atoms with Crippen LogP contribution in [0.4, 0.5) is 5.69 Å². The van der Waals surface area contributed by atoms with Gasteiger partial charge < -0.3 is 9.88 Å². The standard InChI is InChI=1S/C44H40N4/c1-5-6-24-39-29(2)41-42(40-36(28-45-41)35-22-13-14-23-37(35)44(40,3)4)48(39)34-21-15-16-30(26-34)25-33-27-38(31-17-9-7-10-18-31)47-43(46-33)32-19-11-8-12-20-32/h1,7-19,21-23,26-27,32,45H,6,20,24-25,28H2,2-4H3. The lowest BCUT2D eigenvalue weighted by molar-refractivity contribution is 0.695. The van der Waals surface area contributed by atoms with Gasteiger partial charge in [-0.1, -0.05) is 105 Å². The van der Waals surface area contributed by atoms with Crippen molar-refractivity contribution in [1.82, 2.24) is 14.5 Å². The van der Waals surface area contributed by atoms with Gasteiger partial charge in [-0.05, 0) is 71.4 Å². The maximum atomic E-state index is 5.85. The topological polar surface area (TPSA) is 42.7 Å². The molecular formula is C44H40N4. The monoisotopic (exact) mass is 624 g/mol. The van der Waals surface area contributed by atoms with Gasteiger partial charge in [0.2, 0.25) is 0 Å². The molecule has 0 spiro atoms. The maximum absolute atomic E-state index is 5.85. The fraction of sp³-hybridized carbons (Fsp3) is 0.227. The first-order valence-electron chi connectivity index (χ1n) is 17.1. The Balaban J connectivity index is 1.24. The molecule has 0 saturated heterocycles. The van der Waals surface area contributed by atoms with Crippen LogP contribution < -0.4 is 5.32 Å². The van der Waals surface area contributed by atoms with Gasteiger partial charge in [0.1, 0.15) is 5.82 Å². The lowest BCUT2D eigenvalue weighted by Crippen LogP contribution is -2.22. The van der Waals surface area contributed by atoms with Gasteiger partial charge >= 0.3 is 0 Å². The quantitative estimate of drug-likeness (QED) is 0.183. The van der Waals surface area contributed by atoms with Gasteiger partial charge in [0.15, 0.2) is 0 Å². The minimum Gasteiger partial charge on any atom is -0.379 e. The Hall–Kier alpha value is -5.40. The minimum absolute atomic E-state index is 0.125. The Bertz CT molecular complexity index is 2190. The van der Waals surface area contributed by atoms with Gasteiger partial charge in [-0.25, -0.2) is 9.97 Å². The molecule has 8 rings (SSSR count). The average Bonchev–Trinajstić information content (AvgIpc) is 3.54. The van der Waals surface area contributed by atoms with Crippen molar-refractivity contribution < 1.29 is 0 Å². The summed E-state index contributed by atoms with van der Waals surface area (Å²) in [4.78, 5) is 10.2. The molecule has 236 valence electrons. The number of terminal acetylenes is 1. The number of fused-ring (bicyclic) bond motifs is 4. The van der Waals surface area contributed by atoms with Crippen LogP contribution in [0, 0.1) is 19.3 Å². The van der Waals surface area contributed by atoms with Gasteiger partial charge in [-0.3, -0.25) is 0 Å². The molecule has 0 fully saturated rings. The summed E-state index contributed by atoms with van der Waals surface area (Å²) in [5.41, 5.74) is 16.0. The second-order valence-corrected chi connectivity index (χ2v) is 13.7. The van der Waals surface area contributed by atoms with Crippen molar-refractivity contribution in [2.24, 2.45) is 0 Å². The zero-order valence-electron chi connectivity index (χ0n) is 27.9. The highest BCUT2D eigenvalue weighted by Gasteiger charge is 2.43. The highest BCUT2D eigenvalue weighted by atomic mass is 15.1. The molecule has 1 N–H and O–H groups in total. The third-order valence-electron chi connectivity index (χ3n) is 10.3. The molecule has 0 amide bonds. The Morgan fingerprint density at radius 3 is 2.60 bits per heavy atom. The Kier molecular flexibility index (Phi) is 7.49. The van der Waals surface area contributed by atoms with Gasteiger partial charge in [-0.2, -0.15) is 0 Å². The minimum atomic E-state index is -0.125. The lowest BCUT2D eigenvalue weighted by atomic mass is 9.79. The van der Waals surface area contributed by atoms with E-state index in [0.717, 1.165) is 47.8 Å². The van der Waals surface area contributed by atoms with Crippen LogP contribution in [0.5, 0.6) is 0 Å². The molecule has 0 bridgehead atoms. The first-order chi connectivity index (χ1) is 23.4. The molecule has 2 aliphatic carbocycles. The summed E-state index contributed by atoms with van der Waals surface area (Å²) in [5.74, 6) is 3.96. The van der Waals surface area contributed by atoms with Crippen molar-refractivity contribution in [2.45, 2.75) is 57.8 Å². The van der Waals surface area contributed by atoms with Crippen LogP contribution in [-0.4, -0.2) is 21.1 Å². The summed E-state index contributed by atoms with van der Waals surface area (Å²) >= 11 is 0. The Morgan fingerprint density at radius 2 is 1.79 bits per heavy atom. The molecule has 2 aromatic heterocycles. The molecule has 4 heteroatoms. The van der Waals surface area contributed by atoms with Crippen molar-refractivity contribution in [3.05, 3.63) is 154 Å². The van der Waals surface area contributed by atoms with Crippen molar-refractivity contribution in [3.8, 4) is 29.3 Å². The molecule has 1 atom stereocenters. The van der Waals surface area contributed by atoms with E-state index in [1.165, 1.54) is 50.5 Å². The first kappa shape index (κ1) is 30.0. The van der Waals surface area contributed by atoms with E-state index in [-0.39, 0.29) is 11.3 Å². The molecule has 3 heterocycles. The smallest absolute Gasteiger partial charge is 0.136 e. The molecule has 1 unspecified atom stereocenters. The summed E-state index contributed by atoms with van der Waals surface area (Å²) in [7, 11) is 0. The van der Waals surface area contributed by atoms with Gasteiger partial charge in [-0.15, -0.1) is 12.3 Å². The molecule has 5 aromatic rings. The van der Waals surface area contributed by atoms with Crippen LogP contribution in [0.1, 0.15) is 77.8 Å². The second-order valence-electron chi connectivity index (χ2n) is 13.7. The molecule has 3 aliphatic rings. The number of anilines is 1. The fourth-order valence-electron chi connectivity index (χ4n) is 8.02. The van der Waals surface area contributed by atoms with Crippen molar-refractivity contribution >= 4 is 16.8 Å². The van der Waals surface area contributed by atoms with Crippen molar-refractivity contribution in [3.63, 3.8) is 0 Å². The second kappa shape index (κ2) is 12.0. The van der Waals surface area contributed by atoms with E-state index < -0.39 is 0 Å². The average molecular weight is 625 g/mol. The van der Waals surface area contributed by atoms with E-state index in [9.17, 15) is 0 Å². The third-order valence-corrected chi connectivity index (χ3v) is 10.3. The fourth-order valence-corrected chi connectivity index (χ4v) is 8.02. The number of hydrogen-bond acceptors (Lipinski definition) is 3. The van der Waals surface area contributed by atoms with Crippen LogP contribution in [0.15, 0.2) is 109 Å². The number of nitrogens with zero attached hydrogens (tertiary/aromatic N) is 3. The van der Waals surface area contributed by atoms with E-state index in [0.29, 0.717) is 12.8 Å². The molecule has 4 nitrogen and oxygen atoms in total. The zero-order chi connectivity index (χ0) is 32.8. The van der Waals surface area contributed by atoms with Crippen LogP contribution in [-0.2, 0) is 18.3 Å². The molecular weight excluding hydrogens is 585 g/mol. The maximum Gasteiger partial charge on any atom is 0.136 e. The number of aromatic nitrogens is 3. The van der Waals surface area contributed by atoms with Gasteiger partial charge in [0, 0.05) is 53.4 Å². The predicted molar refractivity (Wildman–Crippen MR) is 198 cm³/mol. The number of hydrogen-bond donors (Lipinski definition) is 1. The molecule has 0 radical (unpaired) electrons. The van der Waals surface area contributed by atoms with Crippen molar-refractivity contribution in [2.75, 3.05) is 11.9 Å². The Morgan fingerprint density at radius 1 is 0.958 bits per heavy atom. The number of benzene rings is 3. The molecule has 3 aromatic carbocycles. The highest BCUT2D eigenvalue weighted by molar-refractivity contribution is 6.07. The van der Waals surface area contributed by atoms with Crippen LogP contribution in [0.25, 0.3) is 28.1 Å². The Labute approximate surface area is 284 Å². The number of allylic oxidation sites excluding steroid dienone is 5. The summed E-state index contributed by atoms with van der Waals surface area (Å²) in [5, 5.41) is 3.84. The van der Waals surface area contributed by atoms with E-state index in [4.69, 9.17) is 16.4 Å². The molecule has 0 saturated carbocycles. The van der Waals surface area contributed by atoms with Gasteiger partial charge in [0.05, 0.1) is 17.1 Å². The van der Waals surface area contributed by atoms with Crippen LogP contribution in [0.3, 0.4) is 0 Å². The van der Waals surface area contributed by atoms with E-state index in [1.807, 2.05) is 6.07 Å². The normalized spacial score (nSPS) is 17.0. The highest BCUT2D eigenvalue weighted by Crippen LogP contribution is 2.55. The van der Waals surface area contributed by atoms with Crippen molar-refractivity contribution in [1.29, 1.82) is 0 Å². The summed E-state index contributed by atoms with van der Waals surface area (Å²) in [6, 6.07) is 30.5. The zero-order valence-corrected chi connectivity index (χ0v) is 27.9. The SMILES string of the molecule is C#CCCc1c(C)c2c(n1-c1cccc(Cc3cc(-c4ccccc4)nc(C4C=CC=CC4)n3)c1)C1=C(CN2)c2ccccc2C1(C)C. The number of rotatable bonds is 7. The molecule has 48 heavy (non-hydrogen) atoms. The van der Waals surface area contributed by atoms with E-state index in [1.54, 1.807) is 0 Å². The first-order valence-corrected chi connectivity index (χ1v) is 17.1. The molecule has 1 aliphatic heterocycles. The largest absolute Gasteiger partial charge is 0.379 e. The number of nitrogens with one attached hydrogen (secondary N) is 1. The van der Waals surface area contributed by atoms with Crippen LogP contribution >= 0.6 is 0 Å². The summed E-state index contributed by atoms with van der Waals surface area (Å²) in [6.45, 7) is 7.83. The summed E-state index contributed by atoms with van der Waals surface area (Å²) < 4.78 is 2.50. The van der Waals surface area contributed by atoms with E-state index in [2.05, 4.69) is 140 Å². The van der Waals surface area contributed by atoms with Gasteiger partial charge in [0.25, 0.3) is 0 Å². The lowest BCUT2D eigenvalue weighted by Gasteiger charge is -2.30. The third kappa shape index (κ3) is 5.02. The predicted octanol–water partition coefficient (Wildman–Crippen LogP) is 9.63.